The lowest BCUT2D eigenvalue weighted by Gasteiger charge is -2.19. The Kier molecular flexibility index (Phi) is 3.80. The smallest absolute Gasteiger partial charge is 0.339 e. The average molecular weight is 288 g/mol. The molecule has 1 heterocycles. The molecular formula is C13H14F2O5. The number of aliphatic hydroxyl groups is 1. The van der Waals surface area contributed by atoms with Crippen LogP contribution in [0.15, 0.2) is 12.1 Å². The lowest BCUT2D eigenvalue weighted by atomic mass is 9.97. The quantitative estimate of drug-likeness (QED) is 0.860. The summed E-state index contributed by atoms with van der Waals surface area (Å²) in [5, 5.41) is 9.89. The van der Waals surface area contributed by atoms with Crippen LogP contribution < -0.4 is 9.47 Å². The Hall–Kier alpha value is -1.89. The number of esters is 1. The van der Waals surface area contributed by atoms with Gasteiger partial charge in [-0.05, 0) is 19.1 Å². The number of hydrogen-bond acceptors (Lipinski definition) is 5. The van der Waals surface area contributed by atoms with E-state index in [9.17, 15) is 18.7 Å². The van der Waals surface area contributed by atoms with Crippen molar-refractivity contribution < 1.29 is 32.9 Å². The maximum atomic E-state index is 13.6. The molecule has 5 nitrogen and oxygen atoms in total. The number of hydrogen-bond donors (Lipinski definition) is 1. The number of alkyl halides is 2. The third-order valence-corrected chi connectivity index (χ3v) is 2.82. The van der Waals surface area contributed by atoms with E-state index in [0.717, 1.165) is 6.07 Å². The molecule has 0 spiro atoms. The van der Waals surface area contributed by atoms with Gasteiger partial charge in [-0.2, -0.15) is 0 Å². The lowest BCUT2D eigenvalue weighted by Crippen LogP contribution is -2.20. The maximum absolute atomic E-state index is 13.6. The van der Waals surface area contributed by atoms with Gasteiger partial charge in [0.05, 0.1) is 6.61 Å². The van der Waals surface area contributed by atoms with Gasteiger partial charge in [-0.1, -0.05) is 0 Å². The zero-order valence-electron chi connectivity index (χ0n) is 11.0. The van der Waals surface area contributed by atoms with Crippen molar-refractivity contribution in [3.63, 3.8) is 0 Å². The second kappa shape index (κ2) is 5.24. The molecule has 1 N–H and O–H groups in total. The lowest BCUT2D eigenvalue weighted by molar-refractivity contribution is -0.153. The summed E-state index contributed by atoms with van der Waals surface area (Å²) in [5.41, 5.74) is -0.748. The van der Waals surface area contributed by atoms with Crippen LogP contribution in [0.3, 0.4) is 0 Å². The number of benzene rings is 1. The van der Waals surface area contributed by atoms with Gasteiger partial charge in [-0.15, -0.1) is 0 Å². The molecular weight excluding hydrogens is 274 g/mol. The standard InChI is InChI=1S/C13H14F2O5/c1-3-18-12(17)11(16)7-4-9-10(20-6-19-9)5-8(7)13(2,14)15/h4-5,11,16H,3,6H2,1-2H3. The van der Waals surface area contributed by atoms with E-state index in [4.69, 9.17) is 9.47 Å². The SMILES string of the molecule is CCOC(=O)C(O)c1cc2c(cc1C(C)(F)F)OCO2. The van der Waals surface area contributed by atoms with Crippen LogP contribution in [-0.4, -0.2) is 24.5 Å². The van der Waals surface area contributed by atoms with Crippen LogP contribution in [0, 0.1) is 0 Å². The van der Waals surface area contributed by atoms with Crippen molar-refractivity contribution in [3.8, 4) is 11.5 Å². The van der Waals surface area contributed by atoms with Crippen molar-refractivity contribution >= 4 is 5.97 Å². The van der Waals surface area contributed by atoms with Gasteiger partial charge >= 0.3 is 5.97 Å². The van der Waals surface area contributed by atoms with Crippen LogP contribution in [0.4, 0.5) is 8.78 Å². The molecule has 0 aliphatic carbocycles. The first-order valence-corrected chi connectivity index (χ1v) is 6.01. The number of rotatable bonds is 4. The van der Waals surface area contributed by atoms with Crippen molar-refractivity contribution in [3.05, 3.63) is 23.3 Å². The molecule has 0 saturated carbocycles. The molecule has 0 bridgehead atoms. The summed E-state index contributed by atoms with van der Waals surface area (Å²) in [5.74, 6) is -3.88. The normalized spacial score (nSPS) is 15.1. The molecule has 110 valence electrons. The predicted octanol–water partition coefficient (Wildman–Crippen LogP) is 2.12. The first-order valence-electron chi connectivity index (χ1n) is 6.01. The first kappa shape index (κ1) is 14.5. The third-order valence-electron chi connectivity index (χ3n) is 2.82. The van der Waals surface area contributed by atoms with Crippen LogP contribution in [0.25, 0.3) is 0 Å². The average Bonchev–Trinajstić information content (AvgIpc) is 2.82. The highest BCUT2D eigenvalue weighted by Gasteiger charge is 2.35. The van der Waals surface area contributed by atoms with Gasteiger partial charge in [-0.25, -0.2) is 13.6 Å². The zero-order valence-corrected chi connectivity index (χ0v) is 11.0. The molecule has 2 rings (SSSR count). The number of carbonyl (C=O) groups excluding carboxylic acids is 1. The minimum atomic E-state index is -3.25. The number of halogens is 2. The fourth-order valence-corrected chi connectivity index (χ4v) is 1.91. The summed E-state index contributed by atoms with van der Waals surface area (Å²) in [7, 11) is 0. The molecule has 1 aliphatic heterocycles. The number of ether oxygens (including phenoxy) is 3. The van der Waals surface area contributed by atoms with Crippen LogP contribution in [-0.2, 0) is 15.5 Å². The second-order valence-corrected chi connectivity index (χ2v) is 4.34. The van der Waals surface area contributed by atoms with E-state index in [0.29, 0.717) is 6.92 Å². The molecule has 0 fully saturated rings. The highest BCUT2D eigenvalue weighted by molar-refractivity contribution is 5.77. The monoisotopic (exact) mass is 288 g/mol. The van der Waals surface area contributed by atoms with E-state index in [-0.39, 0.29) is 30.5 Å². The number of carbonyl (C=O) groups is 1. The molecule has 7 heteroatoms. The molecule has 0 saturated heterocycles. The minimum absolute atomic E-state index is 0.0400. The fraction of sp³-hybridized carbons (Fsp3) is 0.462. The first-order chi connectivity index (χ1) is 9.34. The molecule has 1 unspecified atom stereocenters. The van der Waals surface area contributed by atoms with Gasteiger partial charge < -0.3 is 19.3 Å². The summed E-state index contributed by atoms with van der Waals surface area (Å²) in [4.78, 5) is 11.5. The van der Waals surface area contributed by atoms with Crippen LogP contribution in [0.5, 0.6) is 11.5 Å². The van der Waals surface area contributed by atoms with Gasteiger partial charge in [0.1, 0.15) is 0 Å². The summed E-state index contributed by atoms with van der Waals surface area (Å²) >= 11 is 0. The highest BCUT2D eigenvalue weighted by atomic mass is 19.3. The van der Waals surface area contributed by atoms with Crippen molar-refractivity contribution in [2.24, 2.45) is 0 Å². The Balaban J connectivity index is 2.47. The Morgan fingerprint density at radius 2 is 2.05 bits per heavy atom. The van der Waals surface area contributed by atoms with Crippen molar-refractivity contribution in [2.75, 3.05) is 13.4 Å². The van der Waals surface area contributed by atoms with E-state index in [1.54, 1.807) is 6.92 Å². The van der Waals surface area contributed by atoms with Gasteiger partial charge in [0.15, 0.2) is 17.6 Å². The van der Waals surface area contributed by atoms with Gasteiger partial charge in [0, 0.05) is 18.1 Å². The summed E-state index contributed by atoms with van der Waals surface area (Å²) in [6, 6.07) is 2.25. The van der Waals surface area contributed by atoms with Crippen molar-refractivity contribution in [1.29, 1.82) is 0 Å². The van der Waals surface area contributed by atoms with E-state index >= 15 is 0 Å². The number of aliphatic hydroxyl groups excluding tert-OH is 1. The Bertz CT molecular complexity index is 524. The van der Waals surface area contributed by atoms with E-state index in [1.165, 1.54) is 6.07 Å². The summed E-state index contributed by atoms with van der Waals surface area (Å²) < 4.78 is 42.0. The molecule has 0 aromatic heterocycles. The maximum Gasteiger partial charge on any atom is 0.339 e. The zero-order chi connectivity index (χ0) is 14.9. The van der Waals surface area contributed by atoms with Crippen LogP contribution in [0.2, 0.25) is 0 Å². The minimum Gasteiger partial charge on any atom is -0.464 e. The second-order valence-electron chi connectivity index (χ2n) is 4.34. The molecule has 0 amide bonds. The predicted molar refractivity (Wildman–Crippen MR) is 63.7 cm³/mol. The van der Waals surface area contributed by atoms with Gasteiger partial charge in [-0.3, -0.25) is 0 Å². The highest BCUT2D eigenvalue weighted by Crippen LogP contribution is 2.42. The Morgan fingerprint density at radius 3 is 2.60 bits per heavy atom. The van der Waals surface area contributed by atoms with Gasteiger partial charge in [0.25, 0.3) is 5.92 Å². The largest absolute Gasteiger partial charge is 0.464 e. The van der Waals surface area contributed by atoms with Crippen molar-refractivity contribution in [2.45, 2.75) is 25.9 Å². The number of fused-ring (bicyclic) bond motifs is 1. The molecule has 20 heavy (non-hydrogen) atoms. The topological polar surface area (TPSA) is 65.0 Å². The summed E-state index contributed by atoms with van der Waals surface area (Å²) in [6.45, 7) is 2.17. The van der Waals surface area contributed by atoms with Crippen LogP contribution in [0.1, 0.15) is 31.1 Å². The van der Waals surface area contributed by atoms with Gasteiger partial charge in [0.2, 0.25) is 6.79 Å². The molecule has 1 aliphatic rings. The van der Waals surface area contributed by atoms with E-state index < -0.39 is 23.6 Å². The molecule has 1 atom stereocenters. The fourth-order valence-electron chi connectivity index (χ4n) is 1.91. The Labute approximate surface area is 114 Å². The van der Waals surface area contributed by atoms with Crippen molar-refractivity contribution in [1.82, 2.24) is 0 Å². The molecule has 0 radical (unpaired) electrons. The summed E-state index contributed by atoms with van der Waals surface area (Å²) in [6.07, 6.45) is -1.80. The van der Waals surface area contributed by atoms with Crippen LogP contribution >= 0.6 is 0 Å². The molecule has 1 aromatic rings. The van der Waals surface area contributed by atoms with E-state index in [1.807, 2.05) is 0 Å². The third kappa shape index (κ3) is 2.67. The van der Waals surface area contributed by atoms with E-state index in [2.05, 4.69) is 4.74 Å². The molecule has 1 aromatic carbocycles. The Morgan fingerprint density at radius 1 is 1.45 bits per heavy atom.